The molecule has 8 heteroatoms. The number of hydrogen-bond donors (Lipinski definition) is 0. The van der Waals surface area contributed by atoms with Crippen molar-refractivity contribution < 1.29 is 14.0 Å². The second-order valence-electron chi connectivity index (χ2n) is 7.62. The maximum atomic E-state index is 13.3. The van der Waals surface area contributed by atoms with Crippen molar-refractivity contribution in [1.29, 1.82) is 0 Å². The first kappa shape index (κ1) is 20.6. The zero-order valence-electron chi connectivity index (χ0n) is 17.8. The summed E-state index contributed by atoms with van der Waals surface area (Å²) in [6.45, 7) is 1.72. The fraction of sp³-hybridized carbons (Fsp3) is 0.160. The van der Waals surface area contributed by atoms with E-state index in [1.165, 1.54) is 18.6 Å². The number of hydrogen-bond acceptors (Lipinski definition) is 6. The van der Waals surface area contributed by atoms with Crippen molar-refractivity contribution in [2.75, 3.05) is 26.2 Å². The van der Waals surface area contributed by atoms with E-state index in [4.69, 9.17) is 4.42 Å². The third-order valence-electron chi connectivity index (χ3n) is 5.59. The van der Waals surface area contributed by atoms with Crippen molar-refractivity contribution >= 4 is 11.8 Å². The maximum Gasteiger partial charge on any atom is 0.274 e. The molecule has 3 heterocycles. The SMILES string of the molecule is O=C(c1cnccn1)N1CCN(C(=O)c2ccccc2-c2ncc(-c3ccccc3)o2)CC1. The topological polar surface area (TPSA) is 92.4 Å². The highest BCUT2D eigenvalue weighted by Crippen LogP contribution is 2.29. The first-order valence-electron chi connectivity index (χ1n) is 10.7. The molecule has 33 heavy (non-hydrogen) atoms. The van der Waals surface area contributed by atoms with Crippen molar-refractivity contribution in [2.24, 2.45) is 0 Å². The maximum absolute atomic E-state index is 13.3. The minimum Gasteiger partial charge on any atom is -0.436 e. The van der Waals surface area contributed by atoms with Crippen LogP contribution < -0.4 is 0 Å². The summed E-state index contributed by atoms with van der Waals surface area (Å²) in [5.74, 6) is 0.749. The molecule has 1 aliphatic heterocycles. The molecular formula is C25H21N5O3. The van der Waals surface area contributed by atoms with Gasteiger partial charge in [0.05, 0.1) is 18.0 Å². The molecule has 1 fully saturated rings. The highest BCUT2D eigenvalue weighted by Gasteiger charge is 2.28. The Bertz CT molecular complexity index is 1270. The standard InChI is InChI=1S/C25H21N5O3/c31-24(29-12-14-30(15-13-29)25(32)21-16-26-10-11-27-21)20-9-5-4-8-19(20)23-28-17-22(33-23)18-6-2-1-3-7-18/h1-11,16-17H,12-15H2. The number of aromatic nitrogens is 3. The van der Waals surface area contributed by atoms with Gasteiger partial charge in [0.2, 0.25) is 5.89 Å². The molecule has 4 aromatic rings. The zero-order chi connectivity index (χ0) is 22.6. The van der Waals surface area contributed by atoms with Crippen LogP contribution in [0.1, 0.15) is 20.8 Å². The average molecular weight is 439 g/mol. The van der Waals surface area contributed by atoms with Crippen LogP contribution in [-0.4, -0.2) is 62.7 Å². The van der Waals surface area contributed by atoms with E-state index in [0.29, 0.717) is 54.7 Å². The molecule has 0 aliphatic carbocycles. The van der Waals surface area contributed by atoms with Gasteiger partial charge in [-0.3, -0.25) is 14.6 Å². The monoisotopic (exact) mass is 439 g/mol. The fourth-order valence-electron chi connectivity index (χ4n) is 3.85. The van der Waals surface area contributed by atoms with E-state index in [2.05, 4.69) is 15.0 Å². The van der Waals surface area contributed by atoms with Gasteiger partial charge >= 0.3 is 0 Å². The Morgan fingerprint density at radius 2 is 1.45 bits per heavy atom. The number of benzene rings is 2. The molecule has 5 rings (SSSR count). The van der Waals surface area contributed by atoms with Gasteiger partial charge in [-0.25, -0.2) is 9.97 Å². The molecule has 0 radical (unpaired) electrons. The summed E-state index contributed by atoms with van der Waals surface area (Å²) >= 11 is 0. The van der Waals surface area contributed by atoms with Gasteiger partial charge < -0.3 is 14.2 Å². The minimum atomic E-state index is -0.177. The quantitative estimate of drug-likeness (QED) is 0.484. The fourth-order valence-corrected chi connectivity index (χ4v) is 3.85. The Kier molecular flexibility index (Phi) is 5.63. The number of amides is 2. The number of carbonyl (C=O) groups excluding carboxylic acids is 2. The van der Waals surface area contributed by atoms with Crippen LogP contribution in [0.5, 0.6) is 0 Å². The minimum absolute atomic E-state index is 0.114. The van der Waals surface area contributed by atoms with Gasteiger partial charge in [-0.1, -0.05) is 42.5 Å². The van der Waals surface area contributed by atoms with E-state index in [1.807, 2.05) is 48.5 Å². The molecule has 1 aliphatic rings. The molecule has 8 nitrogen and oxygen atoms in total. The molecule has 2 amide bonds. The summed E-state index contributed by atoms with van der Waals surface area (Å²) in [7, 11) is 0. The number of piperazine rings is 1. The van der Waals surface area contributed by atoms with Gasteiger partial charge in [0.25, 0.3) is 11.8 Å². The third kappa shape index (κ3) is 4.23. The number of carbonyl (C=O) groups is 2. The molecule has 2 aromatic carbocycles. The van der Waals surface area contributed by atoms with Crippen LogP contribution in [0.4, 0.5) is 0 Å². The lowest BCUT2D eigenvalue weighted by atomic mass is 10.1. The highest BCUT2D eigenvalue weighted by molar-refractivity contribution is 6.00. The molecule has 1 saturated heterocycles. The number of rotatable bonds is 4. The summed E-state index contributed by atoms with van der Waals surface area (Å²) in [6, 6.07) is 17.0. The summed E-state index contributed by atoms with van der Waals surface area (Å²) in [5, 5.41) is 0. The van der Waals surface area contributed by atoms with Crippen LogP contribution in [0.15, 0.2) is 83.8 Å². The van der Waals surface area contributed by atoms with Crippen LogP contribution in [-0.2, 0) is 0 Å². The summed E-state index contributed by atoms with van der Waals surface area (Å²) in [4.78, 5) is 41.8. The van der Waals surface area contributed by atoms with Crippen molar-refractivity contribution in [3.05, 3.63) is 90.6 Å². The predicted molar refractivity (Wildman–Crippen MR) is 121 cm³/mol. The van der Waals surface area contributed by atoms with Gasteiger partial charge in [-0.2, -0.15) is 0 Å². The Labute approximate surface area is 190 Å². The Hall–Kier alpha value is -4.33. The van der Waals surface area contributed by atoms with Crippen molar-refractivity contribution in [2.45, 2.75) is 0 Å². The lowest BCUT2D eigenvalue weighted by molar-refractivity contribution is 0.0532. The highest BCUT2D eigenvalue weighted by atomic mass is 16.4. The molecule has 0 saturated carbocycles. The van der Waals surface area contributed by atoms with Crippen LogP contribution >= 0.6 is 0 Å². The Morgan fingerprint density at radius 3 is 2.18 bits per heavy atom. The summed E-state index contributed by atoms with van der Waals surface area (Å²) in [5.41, 5.74) is 2.39. The molecule has 0 N–H and O–H groups in total. The van der Waals surface area contributed by atoms with E-state index in [0.717, 1.165) is 5.56 Å². The summed E-state index contributed by atoms with van der Waals surface area (Å²) in [6.07, 6.45) is 6.15. The first-order valence-corrected chi connectivity index (χ1v) is 10.7. The van der Waals surface area contributed by atoms with Crippen molar-refractivity contribution in [3.63, 3.8) is 0 Å². The first-order chi connectivity index (χ1) is 16.2. The van der Waals surface area contributed by atoms with Crippen LogP contribution in [0.25, 0.3) is 22.8 Å². The molecule has 0 spiro atoms. The van der Waals surface area contributed by atoms with Gasteiger partial charge in [-0.05, 0) is 12.1 Å². The molecule has 164 valence electrons. The Balaban J connectivity index is 1.32. The third-order valence-corrected chi connectivity index (χ3v) is 5.59. The van der Waals surface area contributed by atoms with Gasteiger partial charge in [0, 0.05) is 49.7 Å². The van der Waals surface area contributed by atoms with Crippen molar-refractivity contribution in [3.8, 4) is 22.8 Å². The van der Waals surface area contributed by atoms with E-state index in [-0.39, 0.29) is 11.8 Å². The lowest BCUT2D eigenvalue weighted by Gasteiger charge is -2.34. The van der Waals surface area contributed by atoms with Gasteiger partial charge in [-0.15, -0.1) is 0 Å². The smallest absolute Gasteiger partial charge is 0.274 e. The van der Waals surface area contributed by atoms with E-state index in [1.54, 1.807) is 22.1 Å². The second kappa shape index (κ2) is 9.04. The second-order valence-corrected chi connectivity index (χ2v) is 7.62. The predicted octanol–water partition coefficient (Wildman–Crippen LogP) is 3.40. The summed E-state index contributed by atoms with van der Waals surface area (Å²) < 4.78 is 5.98. The van der Waals surface area contributed by atoms with Crippen molar-refractivity contribution in [1.82, 2.24) is 24.8 Å². The normalized spacial score (nSPS) is 13.7. The molecule has 0 atom stereocenters. The van der Waals surface area contributed by atoms with Crippen LogP contribution in [0.2, 0.25) is 0 Å². The average Bonchev–Trinajstić information content (AvgIpc) is 3.39. The largest absolute Gasteiger partial charge is 0.436 e. The molecule has 0 unspecified atom stereocenters. The van der Waals surface area contributed by atoms with Crippen LogP contribution in [0, 0.1) is 0 Å². The molecular weight excluding hydrogens is 418 g/mol. The molecule has 0 bridgehead atoms. The lowest BCUT2D eigenvalue weighted by Crippen LogP contribution is -2.50. The van der Waals surface area contributed by atoms with E-state index >= 15 is 0 Å². The van der Waals surface area contributed by atoms with Crippen LogP contribution in [0.3, 0.4) is 0 Å². The number of nitrogens with zero attached hydrogens (tertiary/aromatic N) is 5. The molecule has 2 aromatic heterocycles. The van der Waals surface area contributed by atoms with Gasteiger partial charge in [0.1, 0.15) is 5.69 Å². The van der Waals surface area contributed by atoms with E-state index in [9.17, 15) is 9.59 Å². The van der Waals surface area contributed by atoms with Gasteiger partial charge in [0.15, 0.2) is 5.76 Å². The Morgan fingerprint density at radius 1 is 0.758 bits per heavy atom. The van der Waals surface area contributed by atoms with E-state index < -0.39 is 0 Å². The number of oxazole rings is 1. The zero-order valence-corrected chi connectivity index (χ0v) is 17.8.